The Labute approximate surface area is 130 Å². The van der Waals surface area contributed by atoms with E-state index in [4.69, 9.17) is 0 Å². The Balaban J connectivity index is 2.37. The molecular formula is C19H17NO2. The third-order valence-electron chi connectivity index (χ3n) is 3.28. The minimum absolute atomic E-state index is 0.204. The summed E-state index contributed by atoms with van der Waals surface area (Å²) in [6, 6.07) is 16.4. The van der Waals surface area contributed by atoms with Gasteiger partial charge in [0.2, 0.25) is 0 Å². The number of amides is 2. The van der Waals surface area contributed by atoms with E-state index in [2.05, 4.69) is 13.2 Å². The van der Waals surface area contributed by atoms with Crippen LogP contribution in [0.1, 0.15) is 21.5 Å². The van der Waals surface area contributed by atoms with Crippen LogP contribution in [-0.2, 0) is 11.3 Å². The van der Waals surface area contributed by atoms with Gasteiger partial charge in [-0.25, -0.2) is 0 Å². The van der Waals surface area contributed by atoms with Crippen molar-refractivity contribution in [3.05, 3.63) is 90.5 Å². The SMILES string of the molecule is C=CC(=O)N(Cc1ccccc1)C(=O)c1ccccc1C=C. The molecule has 22 heavy (non-hydrogen) atoms. The van der Waals surface area contributed by atoms with Gasteiger partial charge < -0.3 is 0 Å². The topological polar surface area (TPSA) is 37.4 Å². The fourth-order valence-electron chi connectivity index (χ4n) is 2.14. The fraction of sp³-hybridized carbons (Fsp3) is 0.0526. The van der Waals surface area contributed by atoms with Crippen LogP contribution in [0.4, 0.5) is 0 Å². The van der Waals surface area contributed by atoms with E-state index in [9.17, 15) is 9.59 Å². The van der Waals surface area contributed by atoms with E-state index < -0.39 is 5.91 Å². The van der Waals surface area contributed by atoms with E-state index in [1.165, 1.54) is 4.90 Å². The lowest BCUT2D eigenvalue weighted by molar-refractivity contribution is -0.124. The van der Waals surface area contributed by atoms with Crippen molar-refractivity contribution < 1.29 is 9.59 Å². The number of benzene rings is 2. The molecule has 0 aliphatic carbocycles. The fourth-order valence-corrected chi connectivity index (χ4v) is 2.14. The molecule has 0 unspecified atom stereocenters. The third kappa shape index (κ3) is 3.38. The molecule has 2 rings (SSSR count). The Morgan fingerprint density at radius 3 is 2.23 bits per heavy atom. The first-order valence-corrected chi connectivity index (χ1v) is 6.91. The third-order valence-corrected chi connectivity index (χ3v) is 3.28. The lowest BCUT2D eigenvalue weighted by Crippen LogP contribution is -2.35. The summed E-state index contributed by atoms with van der Waals surface area (Å²) in [5.74, 6) is -0.781. The van der Waals surface area contributed by atoms with Gasteiger partial charge in [0, 0.05) is 5.56 Å². The van der Waals surface area contributed by atoms with Crippen LogP contribution >= 0.6 is 0 Å². The Morgan fingerprint density at radius 1 is 0.955 bits per heavy atom. The smallest absolute Gasteiger partial charge is 0.261 e. The zero-order valence-corrected chi connectivity index (χ0v) is 12.2. The first kappa shape index (κ1) is 15.4. The van der Waals surface area contributed by atoms with Gasteiger partial charge >= 0.3 is 0 Å². The lowest BCUT2D eigenvalue weighted by atomic mass is 10.1. The van der Waals surface area contributed by atoms with Gasteiger partial charge in [-0.3, -0.25) is 14.5 Å². The first-order valence-electron chi connectivity index (χ1n) is 6.91. The zero-order chi connectivity index (χ0) is 15.9. The maximum absolute atomic E-state index is 12.7. The maximum Gasteiger partial charge on any atom is 0.261 e. The molecule has 0 spiro atoms. The summed E-state index contributed by atoms with van der Waals surface area (Å²) in [5.41, 5.74) is 2.02. The number of hydrogen-bond donors (Lipinski definition) is 0. The monoisotopic (exact) mass is 291 g/mol. The molecule has 0 N–H and O–H groups in total. The minimum atomic E-state index is -0.423. The van der Waals surface area contributed by atoms with Crippen molar-refractivity contribution in [2.45, 2.75) is 6.54 Å². The number of imide groups is 1. The van der Waals surface area contributed by atoms with Gasteiger partial charge in [0.1, 0.15) is 0 Å². The van der Waals surface area contributed by atoms with E-state index in [1.807, 2.05) is 36.4 Å². The van der Waals surface area contributed by atoms with Crippen molar-refractivity contribution in [2.24, 2.45) is 0 Å². The number of hydrogen-bond acceptors (Lipinski definition) is 2. The van der Waals surface area contributed by atoms with E-state index in [-0.39, 0.29) is 12.5 Å². The molecule has 0 radical (unpaired) electrons. The Hall–Kier alpha value is -2.94. The second kappa shape index (κ2) is 7.18. The molecule has 0 bridgehead atoms. The molecule has 0 aliphatic rings. The Kier molecular flexibility index (Phi) is 5.04. The molecule has 0 aliphatic heterocycles. The summed E-state index contributed by atoms with van der Waals surface area (Å²) in [6.45, 7) is 7.39. The molecule has 0 atom stereocenters. The van der Waals surface area contributed by atoms with Crippen LogP contribution in [0, 0.1) is 0 Å². The molecule has 0 aromatic heterocycles. The molecule has 2 aromatic rings. The quantitative estimate of drug-likeness (QED) is 0.788. The van der Waals surface area contributed by atoms with Crippen molar-refractivity contribution >= 4 is 17.9 Å². The number of rotatable bonds is 5. The van der Waals surface area contributed by atoms with Gasteiger partial charge in [-0.1, -0.05) is 67.8 Å². The van der Waals surface area contributed by atoms with E-state index >= 15 is 0 Å². The summed E-state index contributed by atoms with van der Waals surface area (Å²) in [5, 5.41) is 0. The summed E-state index contributed by atoms with van der Waals surface area (Å²) in [6.07, 6.45) is 2.75. The summed E-state index contributed by atoms with van der Waals surface area (Å²) in [7, 11) is 0. The highest BCUT2D eigenvalue weighted by molar-refractivity contribution is 6.09. The highest BCUT2D eigenvalue weighted by Gasteiger charge is 2.22. The van der Waals surface area contributed by atoms with Gasteiger partial charge in [-0.05, 0) is 23.3 Å². The summed E-state index contributed by atoms with van der Waals surface area (Å²) >= 11 is 0. The normalized spacial score (nSPS) is 9.82. The molecule has 3 nitrogen and oxygen atoms in total. The van der Waals surface area contributed by atoms with Gasteiger partial charge in [-0.2, -0.15) is 0 Å². The zero-order valence-electron chi connectivity index (χ0n) is 12.2. The second-order valence-electron chi connectivity index (χ2n) is 4.71. The molecule has 0 heterocycles. The van der Waals surface area contributed by atoms with Crippen molar-refractivity contribution in [1.29, 1.82) is 0 Å². The van der Waals surface area contributed by atoms with Crippen LogP contribution in [0.3, 0.4) is 0 Å². The second-order valence-corrected chi connectivity index (χ2v) is 4.71. The van der Waals surface area contributed by atoms with E-state index in [0.717, 1.165) is 11.6 Å². The maximum atomic E-state index is 12.7. The number of carbonyl (C=O) groups is 2. The van der Waals surface area contributed by atoms with Crippen LogP contribution in [0.25, 0.3) is 6.08 Å². The van der Waals surface area contributed by atoms with Crippen molar-refractivity contribution in [3.63, 3.8) is 0 Å². The van der Waals surface area contributed by atoms with Crippen LogP contribution in [0.15, 0.2) is 73.8 Å². The lowest BCUT2D eigenvalue weighted by Gasteiger charge is -2.20. The predicted molar refractivity (Wildman–Crippen MR) is 88.1 cm³/mol. The number of nitrogens with zero attached hydrogens (tertiary/aromatic N) is 1. The van der Waals surface area contributed by atoms with E-state index in [0.29, 0.717) is 11.1 Å². The van der Waals surface area contributed by atoms with Gasteiger partial charge in [0.15, 0.2) is 0 Å². The van der Waals surface area contributed by atoms with Crippen LogP contribution in [-0.4, -0.2) is 16.7 Å². The van der Waals surface area contributed by atoms with Gasteiger partial charge in [0.05, 0.1) is 6.54 Å². The van der Waals surface area contributed by atoms with Crippen LogP contribution in [0.5, 0.6) is 0 Å². The van der Waals surface area contributed by atoms with Crippen molar-refractivity contribution in [1.82, 2.24) is 4.90 Å². The molecule has 0 fully saturated rings. The van der Waals surface area contributed by atoms with Crippen LogP contribution < -0.4 is 0 Å². The highest BCUT2D eigenvalue weighted by atomic mass is 16.2. The minimum Gasteiger partial charge on any atom is -0.270 e. The van der Waals surface area contributed by atoms with Gasteiger partial charge in [-0.15, -0.1) is 0 Å². The average molecular weight is 291 g/mol. The van der Waals surface area contributed by atoms with Crippen LogP contribution in [0.2, 0.25) is 0 Å². The predicted octanol–water partition coefficient (Wildman–Crippen LogP) is 3.68. The highest BCUT2D eigenvalue weighted by Crippen LogP contribution is 2.15. The first-order chi connectivity index (χ1) is 10.7. The molecule has 0 saturated heterocycles. The summed E-state index contributed by atoms with van der Waals surface area (Å²) < 4.78 is 0. The summed E-state index contributed by atoms with van der Waals surface area (Å²) in [4.78, 5) is 26.0. The molecular weight excluding hydrogens is 274 g/mol. The molecule has 3 heteroatoms. The standard InChI is InChI=1S/C19H17NO2/c1-3-16-12-8-9-13-17(16)19(22)20(18(21)4-2)14-15-10-6-5-7-11-15/h3-13H,1-2,14H2. The molecule has 110 valence electrons. The van der Waals surface area contributed by atoms with Gasteiger partial charge in [0.25, 0.3) is 11.8 Å². The number of carbonyl (C=O) groups excluding carboxylic acids is 2. The Bertz CT molecular complexity index is 704. The van der Waals surface area contributed by atoms with Crippen molar-refractivity contribution in [2.75, 3.05) is 0 Å². The van der Waals surface area contributed by atoms with E-state index in [1.54, 1.807) is 24.3 Å². The molecule has 2 amide bonds. The largest absolute Gasteiger partial charge is 0.270 e. The Morgan fingerprint density at radius 2 is 1.59 bits per heavy atom. The molecule has 0 saturated carbocycles. The molecule has 2 aromatic carbocycles. The van der Waals surface area contributed by atoms with Crippen molar-refractivity contribution in [3.8, 4) is 0 Å². The average Bonchev–Trinajstić information content (AvgIpc) is 2.59.